The Morgan fingerprint density at radius 3 is 2.72 bits per heavy atom. The molecule has 2 aromatic rings. The van der Waals surface area contributed by atoms with Crippen LogP contribution < -0.4 is 4.90 Å². The first-order valence-electron chi connectivity index (χ1n) is 11.7. The number of aromatic nitrogens is 2. The summed E-state index contributed by atoms with van der Waals surface area (Å²) >= 11 is 0. The zero-order valence-corrected chi connectivity index (χ0v) is 18.5. The summed E-state index contributed by atoms with van der Waals surface area (Å²) in [4.78, 5) is 38.5. The van der Waals surface area contributed by atoms with E-state index in [0.29, 0.717) is 36.1 Å². The number of fused-ring (bicyclic) bond motifs is 1. The van der Waals surface area contributed by atoms with Crippen LogP contribution in [0.15, 0.2) is 24.3 Å². The van der Waals surface area contributed by atoms with Gasteiger partial charge in [-0.25, -0.2) is 14.4 Å². The monoisotopic (exact) mass is 436 g/mol. The molecule has 1 aromatic heterocycles. The summed E-state index contributed by atoms with van der Waals surface area (Å²) < 4.78 is 14.2. The van der Waals surface area contributed by atoms with Gasteiger partial charge in [-0.1, -0.05) is 31.0 Å². The molecule has 2 fully saturated rings. The molecule has 5 rings (SSSR count). The Balaban J connectivity index is 1.34. The number of hydrogen-bond acceptors (Lipinski definition) is 4. The minimum atomic E-state index is -0.327. The first-order valence-corrected chi connectivity index (χ1v) is 11.7. The van der Waals surface area contributed by atoms with Crippen molar-refractivity contribution in [2.24, 2.45) is 5.92 Å². The molecule has 1 aliphatic carbocycles. The van der Waals surface area contributed by atoms with Crippen molar-refractivity contribution in [2.45, 2.75) is 64.3 Å². The Bertz CT molecular complexity index is 1050. The summed E-state index contributed by atoms with van der Waals surface area (Å²) in [6.07, 6.45) is 6.55. The minimum absolute atomic E-state index is 0.0672. The highest BCUT2D eigenvalue weighted by Gasteiger charge is 2.35. The van der Waals surface area contributed by atoms with Gasteiger partial charge in [-0.05, 0) is 38.2 Å². The number of anilines is 1. The molecule has 1 atom stereocenters. The predicted molar refractivity (Wildman–Crippen MR) is 119 cm³/mol. The normalized spacial score (nSPS) is 20.9. The molecule has 1 saturated heterocycles. The fraction of sp³-hybridized carbons (Fsp3) is 0.520. The summed E-state index contributed by atoms with van der Waals surface area (Å²) in [5.41, 5.74) is 2.09. The molecule has 7 heteroatoms. The van der Waals surface area contributed by atoms with Gasteiger partial charge in [-0.2, -0.15) is 0 Å². The Morgan fingerprint density at radius 2 is 1.94 bits per heavy atom. The van der Waals surface area contributed by atoms with Crippen LogP contribution in [-0.4, -0.2) is 39.8 Å². The highest BCUT2D eigenvalue weighted by molar-refractivity contribution is 6.00. The SMILES string of the molecule is Cc1nc([C@H]2CCN(C(=O)CC3CCCC3)C2)nc2c1CC(=O)N2Cc1ccccc1F. The number of halogens is 1. The summed E-state index contributed by atoms with van der Waals surface area (Å²) in [5.74, 6) is 1.72. The lowest BCUT2D eigenvalue weighted by atomic mass is 10.0. The van der Waals surface area contributed by atoms with Gasteiger partial charge in [0.1, 0.15) is 17.5 Å². The van der Waals surface area contributed by atoms with E-state index in [1.807, 2.05) is 11.8 Å². The number of hydrogen-bond donors (Lipinski definition) is 0. The van der Waals surface area contributed by atoms with E-state index >= 15 is 0 Å². The van der Waals surface area contributed by atoms with Crippen LogP contribution in [0.25, 0.3) is 0 Å². The van der Waals surface area contributed by atoms with Crippen molar-refractivity contribution < 1.29 is 14.0 Å². The van der Waals surface area contributed by atoms with E-state index in [9.17, 15) is 14.0 Å². The molecule has 1 saturated carbocycles. The van der Waals surface area contributed by atoms with E-state index < -0.39 is 0 Å². The molecule has 0 spiro atoms. The van der Waals surface area contributed by atoms with Crippen LogP contribution >= 0.6 is 0 Å². The Hall–Kier alpha value is -2.83. The van der Waals surface area contributed by atoms with Crippen LogP contribution in [0, 0.1) is 18.7 Å². The molecule has 3 heterocycles. The summed E-state index contributed by atoms with van der Waals surface area (Å²) in [6, 6.07) is 6.51. The van der Waals surface area contributed by atoms with E-state index in [-0.39, 0.29) is 36.5 Å². The number of aryl methyl sites for hydroxylation is 1. The smallest absolute Gasteiger partial charge is 0.233 e. The van der Waals surface area contributed by atoms with Gasteiger partial charge in [0.15, 0.2) is 0 Å². The van der Waals surface area contributed by atoms with E-state index in [1.54, 1.807) is 23.1 Å². The number of amides is 2. The Morgan fingerprint density at radius 1 is 1.16 bits per heavy atom. The zero-order valence-electron chi connectivity index (χ0n) is 18.5. The maximum Gasteiger partial charge on any atom is 0.233 e. The highest BCUT2D eigenvalue weighted by atomic mass is 19.1. The topological polar surface area (TPSA) is 66.4 Å². The quantitative estimate of drug-likeness (QED) is 0.713. The first-order chi connectivity index (χ1) is 15.5. The number of nitrogens with zero attached hydrogens (tertiary/aromatic N) is 4. The lowest BCUT2D eigenvalue weighted by Gasteiger charge is -2.20. The van der Waals surface area contributed by atoms with E-state index in [2.05, 4.69) is 0 Å². The fourth-order valence-electron chi connectivity index (χ4n) is 5.33. The number of rotatable bonds is 5. The van der Waals surface area contributed by atoms with Gasteiger partial charge in [-0.3, -0.25) is 14.5 Å². The third kappa shape index (κ3) is 4.00. The van der Waals surface area contributed by atoms with Gasteiger partial charge in [0, 0.05) is 42.2 Å². The molecular formula is C25H29FN4O2. The summed E-state index contributed by atoms with van der Waals surface area (Å²) in [5, 5.41) is 0. The number of carbonyl (C=O) groups is 2. The molecule has 2 aliphatic heterocycles. The molecule has 3 aliphatic rings. The maximum absolute atomic E-state index is 14.2. The molecule has 0 radical (unpaired) electrons. The van der Waals surface area contributed by atoms with Crippen LogP contribution in [0.3, 0.4) is 0 Å². The molecule has 0 N–H and O–H groups in total. The Kier molecular flexibility index (Phi) is 5.66. The lowest BCUT2D eigenvalue weighted by Crippen LogP contribution is -2.30. The third-order valence-corrected chi connectivity index (χ3v) is 7.22. The molecule has 6 nitrogen and oxygen atoms in total. The van der Waals surface area contributed by atoms with Crippen molar-refractivity contribution >= 4 is 17.6 Å². The third-order valence-electron chi connectivity index (χ3n) is 7.22. The highest BCUT2D eigenvalue weighted by Crippen LogP contribution is 2.35. The maximum atomic E-state index is 14.2. The van der Waals surface area contributed by atoms with Gasteiger partial charge in [0.05, 0.1) is 13.0 Å². The van der Waals surface area contributed by atoms with Crippen molar-refractivity contribution in [3.8, 4) is 0 Å². The molecule has 168 valence electrons. The van der Waals surface area contributed by atoms with Crippen molar-refractivity contribution in [2.75, 3.05) is 18.0 Å². The van der Waals surface area contributed by atoms with Crippen LogP contribution in [0.2, 0.25) is 0 Å². The minimum Gasteiger partial charge on any atom is -0.342 e. The predicted octanol–water partition coefficient (Wildman–Crippen LogP) is 3.91. The van der Waals surface area contributed by atoms with Gasteiger partial charge >= 0.3 is 0 Å². The van der Waals surface area contributed by atoms with Crippen molar-refractivity contribution in [1.82, 2.24) is 14.9 Å². The van der Waals surface area contributed by atoms with E-state index in [1.165, 1.54) is 31.7 Å². The largest absolute Gasteiger partial charge is 0.342 e. The average molecular weight is 437 g/mol. The average Bonchev–Trinajstić information content (AvgIpc) is 3.51. The summed E-state index contributed by atoms with van der Waals surface area (Å²) in [6.45, 7) is 3.42. The van der Waals surface area contributed by atoms with Gasteiger partial charge in [0.25, 0.3) is 0 Å². The first kappa shape index (κ1) is 21.0. The van der Waals surface area contributed by atoms with Gasteiger partial charge in [-0.15, -0.1) is 0 Å². The summed E-state index contributed by atoms with van der Waals surface area (Å²) in [7, 11) is 0. The number of carbonyl (C=O) groups excluding carboxylic acids is 2. The zero-order chi connectivity index (χ0) is 22.2. The second-order valence-corrected chi connectivity index (χ2v) is 9.40. The molecule has 0 unspecified atom stereocenters. The molecule has 2 amide bonds. The Labute approximate surface area is 187 Å². The van der Waals surface area contributed by atoms with E-state index in [4.69, 9.17) is 9.97 Å². The van der Waals surface area contributed by atoms with Crippen LogP contribution in [0.5, 0.6) is 0 Å². The van der Waals surface area contributed by atoms with Crippen LogP contribution in [-0.2, 0) is 22.6 Å². The van der Waals surface area contributed by atoms with Crippen molar-refractivity contribution in [1.29, 1.82) is 0 Å². The fourth-order valence-corrected chi connectivity index (χ4v) is 5.33. The second-order valence-electron chi connectivity index (χ2n) is 9.40. The molecular weight excluding hydrogens is 407 g/mol. The lowest BCUT2D eigenvalue weighted by molar-refractivity contribution is -0.131. The molecule has 0 bridgehead atoms. The van der Waals surface area contributed by atoms with Gasteiger partial charge < -0.3 is 4.90 Å². The number of likely N-dealkylation sites (tertiary alicyclic amines) is 1. The van der Waals surface area contributed by atoms with Crippen LogP contribution in [0.4, 0.5) is 10.2 Å². The number of benzene rings is 1. The van der Waals surface area contributed by atoms with E-state index in [0.717, 1.165) is 24.2 Å². The van der Waals surface area contributed by atoms with Crippen molar-refractivity contribution in [3.63, 3.8) is 0 Å². The molecule has 32 heavy (non-hydrogen) atoms. The second kappa shape index (κ2) is 8.60. The van der Waals surface area contributed by atoms with Crippen molar-refractivity contribution in [3.05, 3.63) is 52.7 Å². The standard InChI is InChI=1S/C25H29FN4O2/c1-16-20-13-23(32)30(15-18-8-4-5-9-21(18)26)25(20)28-24(27-16)19-10-11-29(14-19)22(31)12-17-6-2-3-7-17/h4-5,8-9,17,19H,2-3,6-7,10-15H2,1H3/t19-/m0/s1. The van der Waals surface area contributed by atoms with Gasteiger partial charge in [0.2, 0.25) is 11.8 Å². The van der Waals surface area contributed by atoms with Crippen LogP contribution in [0.1, 0.15) is 67.1 Å². The molecule has 1 aromatic carbocycles.